The zero-order valence-corrected chi connectivity index (χ0v) is 56.4. The van der Waals surface area contributed by atoms with Gasteiger partial charge in [0.25, 0.3) is 6.33 Å². The van der Waals surface area contributed by atoms with E-state index in [0.717, 1.165) is 38.5 Å². The Balaban J connectivity index is 0.0000102. The number of para-hydroxylation sites is 2. The van der Waals surface area contributed by atoms with Gasteiger partial charge in [0.2, 0.25) is 0 Å². The first-order valence-electron chi connectivity index (χ1n) is 40.5. The molecule has 12 aromatic carbocycles. The van der Waals surface area contributed by atoms with Crippen molar-refractivity contribution >= 4 is 32.8 Å². The number of nitrogens with zero attached hydrogens (tertiary/aromatic N) is 4. The number of rotatable bonds is 9. The fourth-order valence-electron chi connectivity index (χ4n) is 12.9. The second-order valence-electron chi connectivity index (χ2n) is 27.0. The van der Waals surface area contributed by atoms with Crippen LogP contribution < -0.4 is 9.30 Å². The summed E-state index contributed by atoms with van der Waals surface area (Å²) in [6.45, 7) is 19.4. The monoisotopic (exact) mass is 1440 g/mol. The van der Waals surface area contributed by atoms with Gasteiger partial charge in [-0.15, -0.1) is 29.7 Å². The molecule has 16 rings (SSSR count). The number of hydrogen-bond donors (Lipinski definition) is 0. The summed E-state index contributed by atoms with van der Waals surface area (Å²) in [7, 11) is 0. The molecule has 0 amide bonds. The molecule has 0 bridgehead atoms. The van der Waals surface area contributed by atoms with Gasteiger partial charge < -0.3 is 13.9 Å². The Labute approximate surface area is 603 Å². The van der Waals surface area contributed by atoms with Crippen LogP contribution in [0, 0.1) is 18.5 Å². The van der Waals surface area contributed by atoms with Crippen molar-refractivity contribution in [1.29, 1.82) is 0 Å². The normalized spacial score (nSPS) is 14.8. The van der Waals surface area contributed by atoms with E-state index in [0.29, 0.717) is 78.4 Å². The van der Waals surface area contributed by atoms with Gasteiger partial charge in [-0.2, -0.15) is 18.2 Å². The molecule has 1 aliphatic heterocycles. The maximum absolute atomic E-state index is 10.6. The summed E-state index contributed by atoms with van der Waals surface area (Å²) in [4.78, 5) is 4.90. The third-order valence-electron chi connectivity index (χ3n) is 17.8. The van der Waals surface area contributed by atoms with Crippen LogP contribution >= 0.6 is 0 Å². The first-order chi connectivity index (χ1) is 53.5. The summed E-state index contributed by atoms with van der Waals surface area (Å²) in [5.41, 5.74) is 7.38. The van der Waals surface area contributed by atoms with Gasteiger partial charge in [-0.05, 0) is 175 Å². The summed E-state index contributed by atoms with van der Waals surface area (Å²) in [5, 5.41) is 1.89. The van der Waals surface area contributed by atoms with Crippen molar-refractivity contribution in [3.63, 3.8) is 0 Å². The largest absolute Gasteiger partial charge is 0.510 e. The topological polar surface area (TPSA) is 35.9 Å². The fraction of sp³-hybridized carbons (Fsp3) is 0.133. The van der Waals surface area contributed by atoms with Crippen LogP contribution in [0.3, 0.4) is 0 Å². The SMILES string of the molecule is [2H]c1c([2H])c([2H])c(-c2cccc3c2-c2ccccc2-c2cc(-c4c([2H])c(-c5c([2H])c([2H])c([2H])c([2H])c5[2H])c([2H])c(-c5c([2H])c([2H])c([2H])c([2H])c5[2H])c4[2H])cc4c2[n+]([c-]n4-c2[c-]c(Oc4[c-]c5c(cc4)c4ccccc4n5-c4cc(C(C)(C)C)ccn4)ccc2)-c2c(-c4cc(C(C)(C)C)cc(C(C)(C)C)c4)cccc2-3)c([2H])c1[2H].[Pt]. The van der Waals surface area contributed by atoms with Gasteiger partial charge in [-0.3, -0.25) is 4.57 Å². The molecule has 0 unspecified atom stereocenters. The quantitative estimate of drug-likeness (QED) is 0.107. The van der Waals surface area contributed by atoms with E-state index in [1.54, 1.807) is 41.0 Å². The Morgan fingerprint density at radius 2 is 0.979 bits per heavy atom. The minimum atomic E-state index is -0.824. The molecule has 15 aromatic rings. The average Bonchev–Trinajstić information content (AvgIpc) is 1.70. The van der Waals surface area contributed by atoms with Crippen LogP contribution in [0.1, 0.15) is 104 Å². The maximum atomic E-state index is 10.6. The van der Waals surface area contributed by atoms with Gasteiger partial charge >= 0.3 is 0 Å². The average molecular weight is 1440 g/mol. The van der Waals surface area contributed by atoms with Crippen LogP contribution in [0.2, 0.25) is 0 Å². The van der Waals surface area contributed by atoms with E-state index in [9.17, 15) is 12.3 Å². The van der Waals surface area contributed by atoms with E-state index in [4.69, 9.17) is 22.1 Å². The standard InChI is InChI=1S/C90H72N4O.Pt/c1-88(2,3)66-44-45-91-84(54-66)94-81-41-22-21-35-75(81)76-43-42-71(56-82(76)94)95-70-33-23-32-69(55-70)92-57-93-86-73(65-49-67(89(4,5)6)53-68(50-65)90(7,8)9)38-25-40-79(86)78-39-24-37-72(60-30-17-12-18-31-60)85(78)77-36-20-19-34-74(77)80-51-64(52-83(92)87(80)93)63-47-61(58-26-13-10-14-27-58)46-62(48-63)59-28-15-11-16-29-59;/h10-54H,1-9H3;/q-2;/i10D,11D,12D,13D,14D,15D,16D,17D,18D,26D,27D,28D,29D,30D,31D,46D,47D,48D;. The van der Waals surface area contributed by atoms with Crippen LogP contribution in [-0.4, -0.2) is 14.1 Å². The van der Waals surface area contributed by atoms with Gasteiger partial charge in [0.15, 0.2) is 0 Å². The molecule has 1 aliphatic rings. The van der Waals surface area contributed by atoms with Gasteiger partial charge in [0.05, 0.1) is 41.4 Å². The van der Waals surface area contributed by atoms with Crippen molar-refractivity contribution in [2.24, 2.45) is 0 Å². The molecule has 0 N–H and O–H groups in total. The Morgan fingerprint density at radius 1 is 0.417 bits per heavy atom. The summed E-state index contributed by atoms with van der Waals surface area (Å²) < 4.78 is 181. The zero-order chi connectivity index (χ0) is 80.6. The zero-order valence-electron chi connectivity index (χ0n) is 72.1. The molecule has 3 aromatic heterocycles. The minimum Gasteiger partial charge on any atom is -0.510 e. The molecular weight excluding hydrogens is 1350 g/mol. The smallest absolute Gasteiger partial charge is 0.268 e. The van der Waals surface area contributed by atoms with Crippen molar-refractivity contribution < 1.29 is 55.0 Å². The molecule has 96 heavy (non-hydrogen) atoms. The third-order valence-corrected chi connectivity index (χ3v) is 17.8. The van der Waals surface area contributed by atoms with Crippen LogP contribution in [0.15, 0.2) is 273 Å². The second kappa shape index (κ2) is 24.1. The van der Waals surface area contributed by atoms with Crippen LogP contribution in [0.25, 0.3) is 139 Å². The van der Waals surface area contributed by atoms with E-state index in [1.165, 1.54) is 0 Å². The van der Waals surface area contributed by atoms with Crippen LogP contribution in [0.5, 0.6) is 11.5 Å². The molecule has 0 saturated heterocycles. The predicted molar refractivity (Wildman–Crippen MR) is 393 cm³/mol. The first kappa shape index (κ1) is 44.3. The molecule has 6 heteroatoms. The molecule has 0 spiro atoms. The number of benzene rings is 12. The van der Waals surface area contributed by atoms with E-state index in [-0.39, 0.29) is 65.3 Å². The Hall–Kier alpha value is -10.5. The minimum absolute atomic E-state index is 0. The summed E-state index contributed by atoms with van der Waals surface area (Å²) in [5.74, 6) is 1.26. The summed E-state index contributed by atoms with van der Waals surface area (Å²) >= 11 is 0. The molecule has 470 valence electrons. The summed E-state index contributed by atoms with van der Waals surface area (Å²) in [6, 6.07) is 44.5. The third kappa shape index (κ3) is 11.1. The molecule has 0 atom stereocenters. The van der Waals surface area contributed by atoms with Crippen molar-refractivity contribution in [1.82, 2.24) is 14.1 Å². The van der Waals surface area contributed by atoms with Crippen molar-refractivity contribution in [3.8, 4) is 118 Å². The van der Waals surface area contributed by atoms with Crippen molar-refractivity contribution in [3.05, 3.63) is 308 Å². The Kier molecular flexibility index (Phi) is 11.1. The summed E-state index contributed by atoms with van der Waals surface area (Å²) in [6.07, 6.45) is 5.64. The molecule has 0 fully saturated rings. The van der Waals surface area contributed by atoms with Crippen molar-refractivity contribution in [2.45, 2.75) is 78.6 Å². The first-order valence-corrected chi connectivity index (χ1v) is 31.5. The maximum Gasteiger partial charge on any atom is 0.268 e. The molecule has 4 heterocycles. The molecule has 0 radical (unpaired) electrons. The number of ether oxygens (including phenoxy) is 1. The fourth-order valence-corrected chi connectivity index (χ4v) is 12.9. The van der Waals surface area contributed by atoms with E-state index >= 15 is 0 Å². The number of aromatic nitrogens is 4. The Morgan fingerprint density at radius 3 is 1.65 bits per heavy atom. The molecule has 5 nitrogen and oxygen atoms in total. The molecule has 0 aliphatic carbocycles. The number of imidazole rings is 1. The van der Waals surface area contributed by atoms with Crippen molar-refractivity contribution in [2.75, 3.05) is 0 Å². The van der Waals surface area contributed by atoms with E-state index in [1.807, 2.05) is 102 Å². The van der Waals surface area contributed by atoms with Gasteiger partial charge in [0, 0.05) is 44.3 Å². The number of fused-ring (bicyclic) bond motifs is 10. The van der Waals surface area contributed by atoms with Gasteiger partial charge in [-0.25, -0.2) is 4.98 Å². The molecule has 0 saturated carbocycles. The molecular formula is C90H72N4OPt-2. The second-order valence-corrected chi connectivity index (χ2v) is 27.0. The van der Waals surface area contributed by atoms with Gasteiger partial charge in [0.1, 0.15) is 5.82 Å². The van der Waals surface area contributed by atoms with Crippen LogP contribution in [-0.2, 0) is 37.3 Å². The Bertz CT molecular complexity index is 6450. The van der Waals surface area contributed by atoms with Gasteiger partial charge in [-0.1, -0.05) is 262 Å². The van der Waals surface area contributed by atoms with E-state index < -0.39 is 131 Å². The number of pyridine rings is 1. The van der Waals surface area contributed by atoms with Crippen LogP contribution in [0.4, 0.5) is 0 Å². The van der Waals surface area contributed by atoms with E-state index in [2.05, 4.69) is 116 Å². The predicted octanol–water partition coefficient (Wildman–Crippen LogP) is 23.1. The number of hydrogen-bond acceptors (Lipinski definition) is 2.